The van der Waals surface area contributed by atoms with Gasteiger partial charge in [0.25, 0.3) is 5.91 Å². The Hall–Kier alpha value is -3.55. The Labute approximate surface area is 318 Å². The molecule has 1 unspecified atom stereocenters. The Kier molecular flexibility index (Phi) is 13.7. The zero-order valence-electron chi connectivity index (χ0n) is 29.3. The van der Waals surface area contributed by atoms with E-state index in [0.717, 1.165) is 0 Å². The largest absolute Gasteiger partial charge is 0.455 e. The molecule has 0 aromatic heterocycles. The van der Waals surface area contributed by atoms with E-state index in [-0.39, 0.29) is 55.3 Å². The number of aliphatic hydroxyl groups is 1. The van der Waals surface area contributed by atoms with Crippen molar-refractivity contribution in [2.45, 2.75) is 73.2 Å². The minimum absolute atomic E-state index is 0.0118. The average Bonchev–Trinajstić information content (AvgIpc) is 3.73. The summed E-state index contributed by atoms with van der Waals surface area (Å²) in [4.78, 5) is 59.7. The molecule has 3 amide bonds. The van der Waals surface area contributed by atoms with Crippen molar-refractivity contribution in [1.29, 1.82) is 0 Å². The Bertz CT molecular complexity index is 1600. The number of aliphatic hydroxyl groups excluding tert-OH is 1. The molecule has 2 N–H and O–H groups in total. The number of methoxy groups -OCH3 is 1. The van der Waals surface area contributed by atoms with Crippen LogP contribution < -0.4 is 10.2 Å². The molecule has 2 bridgehead atoms. The third kappa shape index (κ3) is 8.16. The van der Waals surface area contributed by atoms with Crippen LogP contribution in [-0.2, 0) is 33.4 Å². The van der Waals surface area contributed by atoms with Gasteiger partial charge in [-0.1, -0.05) is 70.0 Å². The van der Waals surface area contributed by atoms with Crippen LogP contribution >= 0.6 is 27.5 Å². The molecule has 3 aliphatic rings. The minimum atomic E-state index is -1.33. The van der Waals surface area contributed by atoms with Crippen molar-refractivity contribution in [2.24, 2.45) is 11.8 Å². The predicted octanol–water partition coefficient (Wildman–Crippen LogP) is 5.15. The van der Waals surface area contributed by atoms with Gasteiger partial charge < -0.3 is 34.4 Å². The molecule has 52 heavy (non-hydrogen) atoms. The molecule has 3 heterocycles. The molecule has 2 aromatic rings. The molecule has 3 aliphatic heterocycles. The van der Waals surface area contributed by atoms with Crippen LogP contribution in [0.25, 0.3) is 0 Å². The fourth-order valence-corrected chi connectivity index (χ4v) is 8.90. The second-order valence-corrected chi connectivity index (χ2v) is 15.0. The average molecular weight is 801 g/mol. The minimum Gasteiger partial charge on any atom is -0.455 e. The molecule has 0 radical (unpaired) electrons. The number of amides is 3. The van der Waals surface area contributed by atoms with Gasteiger partial charge in [-0.05, 0) is 61.9 Å². The van der Waals surface area contributed by atoms with Gasteiger partial charge in [0.15, 0.2) is 0 Å². The summed E-state index contributed by atoms with van der Waals surface area (Å²) in [6.07, 6.45) is 4.27. The van der Waals surface area contributed by atoms with Crippen LogP contribution in [0.1, 0.15) is 50.2 Å². The van der Waals surface area contributed by atoms with Crippen LogP contribution in [0.5, 0.6) is 0 Å². The zero-order valence-corrected chi connectivity index (χ0v) is 31.7. The highest BCUT2D eigenvalue weighted by Gasteiger charge is 2.77. The molecular weight excluding hydrogens is 754 g/mol. The first-order chi connectivity index (χ1) is 25.1. The maximum atomic E-state index is 14.8. The van der Waals surface area contributed by atoms with Gasteiger partial charge in [0.1, 0.15) is 17.7 Å². The van der Waals surface area contributed by atoms with Gasteiger partial charge >= 0.3 is 5.97 Å². The zero-order chi connectivity index (χ0) is 37.4. The van der Waals surface area contributed by atoms with Crippen molar-refractivity contribution in [2.75, 3.05) is 38.3 Å². The van der Waals surface area contributed by atoms with Gasteiger partial charge in [-0.15, -0.1) is 13.2 Å². The van der Waals surface area contributed by atoms with Gasteiger partial charge in [-0.25, -0.2) is 0 Å². The number of carbonyl (C=O) groups excluding carboxylic acids is 4. The van der Waals surface area contributed by atoms with E-state index in [4.69, 9.17) is 25.8 Å². The van der Waals surface area contributed by atoms with Crippen molar-refractivity contribution in [3.8, 4) is 0 Å². The lowest BCUT2D eigenvalue weighted by atomic mass is 9.70. The molecule has 13 heteroatoms. The van der Waals surface area contributed by atoms with Crippen LogP contribution in [0.4, 0.5) is 5.69 Å². The van der Waals surface area contributed by atoms with Gasteiger partial charge in [0.05, 0.1) is 30.6 Å². The molecule has 0 saturated carbocycles. The summed E-state index contributed by atoms with van der Waals surface area (Å²) < 4.78 is 18.5. The van der Waals surface area contributed by atoms with Gasteiger partial charge in [0, 0.05) is 48.8 Å². The summed E-state index contributed by atoms with van der Waals surface area (Å²) in [5, 5.41) is 12.9. The lowest BCUT2D eigenvalue weighted by Gasteiger charge is -2.37. The van der Waals surface area contributed by atoms with E-state index < -0.39 is 47.7 Å². The summed E-state index contributed by atoms with van der Waals surface area (Å²) >= 11 is 9.91. The second kappa shape index (κ2) is 18.0. The molecule has 1 spiro atoms. The van der Waals surface area contributed by atoms with Gasteiger partial charge in [0.2, 0.25) is 11.8 Å². The number of nitrogens with zero attached hydrogens (tertiary/aromatic N) is 2. The number of fused-ring (bicyclic) bond motifs is 1. The fraction of sp³-hybridized carbons (Fsp3) is 0.487. The van der Waals surface area contributed by atoms with Crippen molar-refractivity contribution >= 4 is 56.9 Å². The third-order valence-corrected chi connectivity index (χ3v) is 11.2. The second-order valence-electron chi connectivity index (χ2n) is 13.4. The van der Waals surface area contributed by atoms with Crippen LogP contribution in [0.2, 0.25) is 5.02 Å². The van der Waals surface area contributed by atoms with Crippen LogP contribution in [-0.4, -0.2) is 95.7 Å². The molecule has 11 nitrogen and oxygen atoms in total. The number of carbonyl (C=O) groups is 4. The molecule has 2 aromatic carbocycles. The molecule has 3 fully saturated rings. The number of hydrogen-bond acceptors (Lipinski definition) is 8. The quantitative estimate of drug-likeness (QED) is 0.0863. The highest BCUT2D eigenvalue weighted by molar-refractivity contribution is 9.09. The summed E-state index contributed by atoms with van der Waals surface area (Å²) in [5.41, 5.74) is -0.117. The van der Waals surface area contributed by atoms with Crippen molar-refractivity contribution in [3.05, 3.63) is 90.5 Å². The number of allylic oxidation sites excluding steroid dienone is 1. The Morgan fingerprint density at radius 1 is 1.13 bits per heavy atom. The molecule has 5 rings (SSSR count). The lowest BCUT2D eigenvalue weighted by molar-refractivity contribution is -0.163. The van der Waals surface area contributed by atoms with Crippen LogP contribution in [0, 0.1) is 11.8 Å². The highest BCUT2D eigenvalue weighted by Crippen LogP contribution is 2.60. The van der Waals surface area contributed by atoms with E-state index in [9.17, 15) is 24.3 Å². The Morgan fingerprint density at radius 2 is 1.87 bits per heavy atom. The number of alkyl halides is 1. The SMILES string of the molecule is C=CCCC(=O)N[C@H](COC)[C@H](OC(=O)[C@@H]1[C@H]2O[C@@]3(CC2Br)[C@H](C(=O)N(CC=C)c2ccc(Cl)cc2)N(CCCCCO)C(=O)[C@@H]13)c1ccccc1. The third-order valence-electron chi connectivity index (χ3n) is 10.1. The first-order valence-corrected chi connectivity index (χ1v) is 19.0. The van der Waals surface area contributed by atoms with E-state index in [2.05, 4.69) is 34.4 Å². The molecule has 0 aliphatic carbocycles. The number of nitrogens with one attached hydrogen (secondary N) is 1. The van der Waals surface area contributed by atoms with Crippen molar-refractivity contribution in [3.63, 3.8) is 0 Å². The summed E-state index contributed by atoms with van der Waals surface area (Å²) in [7, 11) is 1.50. The highest BCUT2D eigenvalue weighted by atomic mass is 79.9. The Morgan fingerprint density at radius 3 is 2.52 bits per heavy atom. The van der Waals surface area contributed by atoms with Crippen molar-refractivity contribution < 1.29 is 38.5 Å². The number of halogens is 2. The van der Waals surface area contributed by atoms with Crippen molar-refractivity contribution in [1.82, 2.24) is 10.2 Å². The maximum Gasteiger partial charge on any atom is 0.313 e. The van der Waals surface area contributed by atoms with E-state index >= 15 is 0 Å². The normalized spacial score (nSPS) is 25.7. The smallest absolute Gasteiger partial charge is 0.313 e. The maximum absolute atomic E-state index is 14.8. The van der Waals surface area contributed by atoms with Gasteiger partial charge in [-0.2, -0.15) is 0 Å². The van der Waals surface area contributed by atoms with Gasteiger partial charge in [-0.3, -0.25) is 19.2 Å². The monoisotopic (exact) mass is 799 g/mol. The van der Waals surface area contributed by atoms with Crippen LogP contribution in [0.3, 0.4) is 0 Å². The van der Waals surface area contributed by atoms with E-state index in [1.165, 1.54) is 7.11 Å². The fourth-order valence-electron chi connectivity index (χ4n) is 7.84. The number of likely N-dealkylation sites (tertiary alicyclic amines) is 1. The van der Waals surface area contributed by atoms with E-state index in [0.29, 0.717) is 48.4 Å². The number of anilines is 1. The number of ether oxygens (including phenoxy) is 3. The topological polar surface area (TPSA) is 135 Å². The van der Waals surface area contributed by atoms with E-state index in [1.807, 2.05) is 18.2 Å². The number of hydrogen-bond donors (Lipinski definition) is 2. The first-order valence-electron chi connectivity index (χ1n) is 17.7. The lowest BCUT2D eigenvalue weighted by Crippen LogP contribution is -2.57. The molecule has 3 saturated heterocycles. The first kappa shape index (κ1) is 39.7. The van der Waals surface area contributed by atoms with E-state index in [1.54, 1.807) is 58.4 Å². The number of esters is 1. The number of unbranched alkanes of at least 4 members (excludes halogenated alkanes) is 2. The summed E-state index contributed by atoms with van der Waals surface area (Å²) in [6, 6.07) is 14.1. The predicted molar refractivity (Wildman–Crippen MR) is 201 cm³/mol. The molecular formula is C39H47BrClN3O8. The summed E-state index contributed by atoms with van der Waals surface area (Å²) in [5.74, 6) is -3.69. The summed E-state index contributed by atoms with van der Waals surface area (Å²) in [6.45, 7) is 8.01. The molecule has 280 valence electrons. The van der Waals surface area contributed by atoms with Crippen LogP contribution in [0.15, 0.2) is 79.9 Å². The number of rotatable bonds is 19. The Balaban J connectivity index is 1.51. The standard InChI is InChI=1S/C39H47BrClN3O8/c1-4-6-15-30(46)42-29(24-50-3)33(25-13-9-7-10-14-25)51-38(49)31-32-36(47)44(21-11-8-12-22-45)35(39(32)23-28(40)34(31)52-39)37(48)43(20-5-2)27-18-16-26(41)17-19-27/h4-5,7,9-10,13-14,16-19,28-29,31-35,45H,1-2,6,8,11-12,15,20-24H2,3H3,(H,42,46)/t28?,29-,31+,32-,33-,34+,35+,39-/m1/s1. The number of benzene rings is 2. The molecule has 8 atom stereocenters.